The van der Waals surface area contributed by atoms with Gasteiger partial charge in [0.2, 0.25) is 0 Å². The first-order valence-electron chi connectivity index (χ1n) is 8.89. The molecule has 2 rings (SSSR count). The van der Waals surface area contributed by atoms with Crippen molar-refractivity contribution < 1.29 is 4.74 Å². The maximum Gasteiger partial charge on any atom is 0.127 e. The topological polar surface area (TPSA) is 35.2 Å². The summed E-state index contributed by atoms with van der Waals surface area (Å²) in [6, 6.07) is 18.7. The van der Waals surface area contributed by atoms with E-state index in [4.69, 9.17) is 10.5 Å². The van der Waals surface area contributed by atoms with Crippen molar-refractivity contribution in [1.29, 1.82) is 0 Å². The van der Waals surface area contributed by atoms with E-state index in [1.54, 1.807) is 0 Å². The Hall–Kier alpha value is -1.80. The molecule has 124 valence electrons. The number of nitrogens with two attached hydrogens (primary N) is 1. The van der Waals surface area contributed by atoms with Crippen molar-refractivity contribution in [2.24, 2.45) is 5.73 Å². The highest BCUT2D eigenvalue weighted by Gasteiger charge is 2.04. The maximum absolute atomic E-state index is 6.02. The number of para-hydroxylation sites is 1. The van der Waals surface area contributed by atoms with Gasteiger partial charge < -0.3 is 10.5 Å². The first kappa shape index (κ1) is 17.6. The van der Waals surface area contributed by atoms with Crippen molar-refractivity contribution in [3.63, 3.8) is 0 Å². The molecule has 0 amide bonds. The van der Waals surface area contributed by atoms with Gasteiger partial charge >= 0.3 is 0 Å². The first-order chi connectivity index (χ1) is 11.4. The fourth-order valence-electron chi connectivity index (χ4n) is 2.76. The quantitative estimate of drug-likeness (QED) is 0.562. The van der Waals surface area contributed by atoms with E-state index < -0.39 is 0 Å². The molecule has 0 bridgehead atoms. The van der Waals surface area contributed by atoms with E-state index >= 15 is 0 Å². The molecular weight excluding hydrogens is 282 g/mol. The van der Waals surface area contributed by atoms with E-state index in [1.165, 1.54) is 49.7 Å². The van der Waals surface area contributed by atoms with Crippen LogP contribution in [-0.2, 0) is 0 Å². The maximum atomic E-state index is 6.02. The molecular formula is C21H29NO. The van der Waals surface area contributed by atoms with Crippen LogP contribution in [0, 0.1) is 0 Å². The van der Waals surface area contributed by atoms with Gasteiger partial charge in [0, 0.05) is 5.56 Å². The molecule has 2 N–H and O–H groups in total. The van der Waals surface area contributed by atoms with Crippen LogP contribution in [-0.4, -0.2) is 13.2 Å². The SMILES string of the molecule is NCCCCCCCCCOc1ccccc1-c1ccccc1. The highest BCUT2D eigenvalue weighted by molar-refractivity contribution is 5.70. The van der Waals surface area contributed by atoms with Gasteiger partial charge in [0.25, 0.3) is 0 Å². The minimum Gasteiger partial charge on any atom is -0.493 e. The van der Waals surface area contributed by atoms with Gasteiger partial charge in [-0.15, -0.1) is 0 Å². The van der Waals surface area contributed by atoms with Crippen LogP contribution in [0.15, 0.2) is 54.6 Å². The van der Waals surface area contributed by atoms with Crippen LogP contribution in [0.4, 0.5) is 0 Å². The second-order valence-corrected chi connectivity index (χ2v) is 5.97. The Balaban J connectivity index is 1.70. The molecule has 0 aliphatic heterocycles. The summed E-state index contributed by atoms with van der Waals surface area (Å²) in [7, 11) is 0. The van der Waals surface area contributed by atoms with Gasteiger partial charge in [-0.05, 0) is 31.0 Å². The first-order valence-corrected chi connectivity index (χ1v) is 8.89. The van der Waals surface area contributed by atoms with Crippen LogP contribution in [0.1, 0.15) is 44.9 Å². The zero-order valence-corrected chi connectivity index (χ0v) is 14.0. The van der Waals surface area contributed by atoms with E-state index in [2.05, 4.69) is 42.5 Å². The summed E-state index contributed by atoms with van der Waals surface area (Å²) in [5, 5.41) is 0. The summed E-state index contributed by atoms with van der Waals surface area (Å²) in [6.07, 6.45) is 8.75. The summed E-state index contributed by atoms with van der Waals surface area (Å²) >= 11 is 0. The molecule has 2 nitrogen and oxygen atoms in total. The lowest BCUT2D eigenvalue weighted by Crippen LogP contribution is -1.99. The van der Waals surface area contributed by atoms with Crippen molar-refractivity contribution >= 4 is 0 Å². The minimum absolute atomic E-state index is 0.798. The lowest BCUT2D eigenvalue weighted by atomic mass is 10.0. The predicted octanol–water partition coefficient (Wildman–Crippen LogP) is 5.42. The second kappa shape index (κ2) is 10.8. The molecule has 2 aromatic rings. The Morgan fingerprint density at radius 1 is 0.652 bits per heavy atom. The zero-order chi connectivity index (χ0) is 16.2. The molecule has 0 heterocycles. The lowest BCUT2D eigenvalue weighted by Gasteiger charge is -2.11. The number of hydrogen-bond donors (Lipinski definition) is 1. The van der Waals surface area contributed by atoms with Gasteiger partial charge in [0.1, 0.15) is 5.75 Å². The molecule has 0 saturated carbocycles. The van der Waals surface area contributed by atoms with Crippen LogP contribution in [0.5, 0.6) is 5.75 Å². The fourth-order valence-corrected chi connectivity index (χ4v) is 2.76. The molecule has 0 saturated heterocycles. The van der Waals surface area contributed by atoms with Crippen molar-refractivity contribution in [2.45, 2.75) is 44.9 Å². The van der Waals surface area contributed by atoms with Gasteiger partial charge in [-0.1, -0.05) is 80.6 Å². The van der Waals surface area contributed by atoms with Crippen LogP contribution in [0.3, 0.4) is 0 Å². The summed E-state index contributed by atoms with van der Waals surface area (Å²) in [4.78, 5) is 0. The van der Waals surface area contributed by atoms with Crippen LogP contribution in [0.2, 0.25) is 0 Å². The van der Waals surface area contributed by atoms with Crippen LogP contribution in [0.25, 0.3) is 11.1 Å². The molecule has 0 atom stereocenters. The third-order valence-electron chi connectivity index (χ3n) is 4.08. The fraction of sp³-hybridized carbons (Fsp3) is 0.429. The van der Waals surface area contributed by atoms with Gasteiger partial charge in [-0.25, -0.2) is 0 Å². The van der Waals surface area contributed by atoms with E-state index in [9.17, 15) is 0 Å². The standard InChI is InChI=1S/C21H29NO/c22-17-11-4-2-1-3-5-12-18-23-21-16-10-9-15-20(21)19-13-7-6-8-14-19/h6-10,13-16H,1-5,11-12,17-18,22H2. The molecule has 0 unspecified atom stereocenters. The number of benzene rings is 2. The molecule has 23 heavy (non-hydrogen) atoms. The van der Waals surface area contributed by atoms with Gasteiger partial charge in [0.15, 0.2) is 0 Å². The third kappa shape index (κ3) is 6.45. The molecule has 0 fully saturated rings. The molecule has 2 heteroatoms. The molecule has 0 aliphatic rings. The Labute approximate surface area is 140 Å². The van der Waals surface area contributed by atoms with Gasteiger partial charge in [0.05, 0.1) is 6.61 Å². The van der Waals surface area contributed by atoms with Crippen molar-refractivity contribution in [2.75, 3.05) is 13.2 Å². The third-order valence-corrected chi connectivity index (χ3v) is 4.08. The molecule has 0 radical (unpaired) electrons. The monoisotopic (exact) mass is 311 g/mol. The number of rotatable bonds is 11. The molecule has 0 aliphatic carbocycles. The summed E-state index contributed by atoms with van der Waals surface area (Å²) in [5.74, 6) is 0.988. The second-order valence-electron chi connectivity index (χ2n) is 5.97. The minimum atomic E-state index is 0.798. The van der Waals surface area contributed by atoms with E-state index in [1.807, 2.05) is 12.1 Å². The largest absolute Gasteiger partial charge is 0.493 e. The molecule has 0 spiro atoms. The number of hydrogen-bond acceptors (Lipinski definition) is 2. The van der Waals surface area contributed by atoms with E-state index in [0.29, 0.717) is 0 Å². The van der Waals surface area contributed by atoms with Crippen molar-refractivity contribution in [3.05, 3.63) is 54.6 Å². The lowest BCUT2D eigenvalue weighted by molar-refractivity contribution is 0.305. The average molecular weight is 311 g/mol. The average Bonchev–Trinajstić information content (AvgIpc) is 2.61. The highest BCUT2D eigenvalue weighted by Crippen LogP contribution is 2.29. The number of unbranched alkanes of at least 4 members (excludes halogenated alkanes) is 6. The molecule has 2 aromatic carbocycles. The smallest absolute Gasteiger partial charge is 0.127 e. The Bertz CT molecular complexity index is 539. The van der Waals surface area contributed by atoms with Crippen LogP contribution >= 0.6 is 0 Å². The Morgan fingerprint density at radius 3 is 2.00 bits per heavy atom. The van der Waals surface area contributed by atoms with E-state index in [0.717, 1.165) is 25.3 Å². The Morgan fingerprint density at radius 2 is 1.26 bits per heavy atom. The molecule has 0 aromatic heterocycles. The number of ether oxygens (including phenoxy) is 1. The van der Waals surface area contributed by atoms with Crippen molar-refractivity contribution in [1.82, 2.24) is 0 Å². The van der Waals surface area contributed by atoms with Crippen molar-refractivity contribution in [3.8, 4) is 16.9 Å². The predicted molar refractivity (Wildman–Crippen MR) is 98.7 cm³/mol. The van der Waals surface area contributed by atoms with Crippen LogP contribution < -0.4 is 10.5 Å². The van der Waals surface area contributed by atoms with Gasteiger partial charge in [-0.3, -0.25) is 0 Å². The summed E-state index contributed by atoms with van der Waals surface area (Å²) < 4.78 is 6.02. The summed E-state index contributed by atoms with van der Waals surface area (Å²) in [5.41, 5.74) is 7.89. The van der Waals surface area contributed by atoms with E-state index in [-0.39, 0.29) is 0 Å². The summed E-state index contributed by atoms with van der Waals surface area (Å²) in [6.45, 7) is 1.63. The zero-order valence-electron chi connectivity index (χ0n) is 14.0. The Kier molecular flexibility index (Phi) is 8.28. The van der Waals surface area contributed by atoms with Gasteiger partial charge in [-0.2, -0.15) is 0 Å². The normalized spacial score (nSPS) is 10.7. The highest BCUT2D eigenvalue weighted by atomic mass is 16.5.